The molecule has 8 heteroatoms. The minimum atomic E-state index is -0.881. The predicted molar refractivity (Wildman–Crippen MR) is 98.4 cm³/mol. The third kappa shape index (κ3) is 5.88. The largest absolute Gasteiger partial charge is 0.326 e. The van der Waals surface area contributed by atoms with Crippen LogP contribution in [0.25, 0.3) is 0 Å². The normalized spacial score (nSPS) is 10.2. The van der Waals surface area contributed by atoms with Crippen LogP contribution in [-0.2, 0) is 14.4 Å². The monoisotopic (exact) mass is 375 g/mol. The lowest BCUT2D eigenvalue weighted by molar-refractivity contribution is -0.117. The molecule has 0 fully saturated rings. The molecule has 0 spiro atoms. The van der Waals surface area contributed by atoms with E-state index in [9.17, 15) is 23.2 Å². The van der Waals surface area contributed by atoms with Gasteiger partial charge in [-0.25, -0.2) is 8.78 Å². The molecule has 6 nitrogen and oxygen atoms in total. The van der Waals surface area contributed by atoms with Gasteiger partial charge in [0.1, 0.15) is 11.6 Å². The van der Waals surface area contributed by atoms with Crippen molar-refractivity contribution < 1.29 is 23.2 Å². The lowest BCUT2D eigenvalue weighted by atomic mass is 10.2. The van der Waals surface area contributed by atoms with Gasteiger partial charge in [-0.1, -0.05) is 6.07 Å². The Morgan fingerprint density at radius 2 is 1.63 bits per heavy atom. The van der Waals surface area contributed by atoms with E-state index in [1.165, 1.54) is 13.8 Å². The van der Waals surface area contributed by atoms with Gasteiger partial charge in [0.15, 0.2) is 0 Å². The molecule has 2 N–H and O–H groups in total. The zero-order chi connectivity index (χ0) is 20.0. The fourth-order valence-electron chi connectivity index (χ4n) is 2.46. The third-order valence-electron chi connectivity index (χ3n) is 3.61. The Bertz CT molecular complexity index is 871. The van der Waals surface area contributed by atoms with Crippen LogP contribution in [0.15, 0.2) is 42.5 Å². The van der Waals surface area contributed by atoms with Gasteiger partial charge >= 0.3 is 0 Å². The second kappa shape index (κ2) is 8.88. The van der Waals surface area contributed by atoms with Gasteiger partial charge in [-0.2, -0.15) is 0 Å². The summed E-state index contributed by atoms with van der Waals surface area (Å²) in [5.74, 6) is -2.74. The van der Waals surface area contributed by atoms with Crippen LogP contribution in [0, 0.1) is 11.6 Å². The average Bonchev–Trinajstić information content (AvgIpc) is 2.56. The molecular formula is C19H19F2N3O3. The van der Waals surface area contributed by atoms with Gasteiger partial charge in [-0.05, 0) is 30.3 Å². The number of hydrogen-bond donors (Lipinski definition) is 2. The molecule has 0 aliphatic carbocycles. The summed E-state index contributed by atoms with van der Waals surface area (Å²) in [5.41, 5.74) is 0.900. The molecule has 2 aromatic rings. The van der Waals surface area contributed by atoms with Gasteiger partial charge in [-0.3, -0.25) is 14.4 Å². The first-order valence-corrected chi connectivity index (χ1v) is 8.17. The molecular weight excluding hydrogens is 356 g/mol. The van der Waals surface area contributed by atoms with Gasteiger partial charge in [0.2, 0.25) is 17.7 Å². The highest BCUT2D eigenvalue weighted by Gasteiger charge is 2.17. The molecule has 2 aromatic carbocycles. The fourth-order valence-corrected chi connectivity index (χ4v) is 2.46. The molecule has 0 bridgehead atoms. The summed E-state index contributed by atoms with van der Waals surface area (Å²) in [7, 11) is 0. The van der Waals surface area contributed by atoms with Crippen LogP contribution < -0.4 is 15.5 Å². The summed E-state index contributed by atoms with van der Waals surface area (Å²) in [6, 6.07) is 9.44. The van der Waals surface area contributed by atoms with E-state index in [1.54, 1.807) is 24.3 Å². The Morgan fingerprint density at radius 1 is 0.963 bits per heavy atom. The molecule has 0 saturated carbocycles. The summed E-state index contributed by atoms with van der Waals surface area (Å²) in [4.78, 5) is 36.1. The quantitative estimate of drug-likeness (QED) is 0.813. The third-order valence-corrected chi connectivity index (χ3v) is 3.61. The van der Waals surface area contributed by atoms with Crippen molar-refractivity contribution in [3.05, 3.63) is 54.1 Å². The molecule has 27 heavy (non-hydrogen) atoms. The highest BCUT2D eigenvalue weighted by Crippen LogP contribution is 2.21. The maximum Gasteiger partial charge on any atom is 0.226 e. The number of benzene rings is 2. The van der Waals surface area contributed by atoms with Crippen molar-refractivity contribution >= 4 is 34.8 Å². The van der Waals surface area contributed by atoms with E-state index < -0.39 is 23.4 Å². The number of nitrogens with zero attached hydrogens (tertiary/aromatic N) is 1. The summed E-state index contributed by atoms with van der Waals surface area (Å²) in [6.07, 6.45) is -0.0965. The van der Waals surface area contributed by atoms with Crippen molar-refractivity contribution in [1.29, 1.82) is 0 Å². The van der Waals surface area contributed by atoms with Gasteiger partial charge in [0.05, 0.1) is 5.69 Å². The molecule has 0 aliphatic rings. The maximum atomic E-state index is 13.9. The van der Waals surface area contributed by atoms with E-state index in [2.05, 4.69) is 10.6 Å². The molecule has 0 heterocycles. The number of amides is 3. The second-order valence-corrected chi connectivity index (χ2v) is 5.83. The molecule has 142 valence electrons. The van der Waals surface area contributed by atoms with Crippen LogP contribution in [0.4, 0.5) is 25.8 Å². The molecule has 2 rings (SSSR count). The molecule has 3 amide bonds. The van der Waals surface area contributed by atoms with Crippen molar-refractivity contribution in [2.24, 2.45) is 0 Å². The Kier molecular flexibility index (Phi) is 6.59. The van der Waals surface area contributed by atoms with E-state index in [1.807, 2.05) is 0 Å². The summed E-state index contributed by atoms with van der Waals surface area (Å²) in [5, 5.41) is 5.24. The highest BCUT2D eigenvalue weighted by molar-refractivity contribution is 5.95. The van der Waals surface area contributed by atoms with Gasteiger partial charge in [0, 0.05) is 44.3 Å². The molecule has 0 aromatic heterocycles. The van der Waals surface area contributed by atoms with Gasteiger partial charge in [-0.15, -0.1) is 0 Å². The topological polar surface area (TPSA) is 78.5 Å². The van der Waals surface area contributed by atoms with Crippen molar-refractivity contribution in [1.82, 2.24) is 0 Å². The minimum absolute atomic E-state index is 0.0743. The molecule has 0 saturated heterocycles. The number of anilines is 3. The van der Waals surface area contributed by atoms with Gasteiger partial charge in [0.25, 0.3) is 0 Å². The van der Waals surface area contributed by atoms with E-state index in [0.29, 0.717) is 17.4 Å². The summed E-state index contributed by atoms with van der Waals surface area (Å²) >= 11 is 0. The Hall–Kier alpha value is -3.29. The number of halogens is 2. The SMILES string of the molecule is CC(=O)Nc1cccc(NC(=O)CCN(C(C)=O)c2ccc(F)cc2F)c1. The second-order valence-electron chi connectivity index (χ2n) is 5.83. The zero-order valence-electron chi connectivity index (χ0n) is 14.9. The first-order valence-electron chi connectivity index (χ1n) is 8.17. The number of nitrogens with one attached hydrogen (secondary N) is 2. The smallest absolute Gasteiger partial charge is 0.226 e. The summed E-state index contributed by atoms with van der Waals surface area (Å²) < 4.78 is 27.0. The van der Waals surface area contributed by atoms with E-state index in [4.69, 9.17) is 0 Å². The van der Waals surface area contributed by atoms with Crippen molar-refractivity contribution in [3.63, 3.8) is 0 Å². The lowest BCUT2D eigenvalue weighted by Gasteiger charge is -2.21. The molecule has 0 unspecified atom stereocenters. The number of carbonyl (C=O) groups is 3. The van der Waals surface area contributed by atoms with Crippen LogP contribution in [0.5, 0.6) is 0 Å². The fraction of sp³-hybridized carbons (Fsp3) is 0.211. The number of rotatable bonds is 6. The van der Waals surface area contributed by atoms with Crippen LogP contribution in [0.3, 0.4) is 0 Å². The summed E-state index contributed by atoms with van der Waals surface area (Å²) in [6.45, 7) is 2.53. The van der Waals surface area contributed by atoms with Crippen molar-refractivity contribution in [2.75, 3.05) is 22.1 Å². The standard InChI is InChI=1S/C19H19F2N3O3/c1-12(25)22-15-4-3-5-16(11-15)23-19(27)8-9-24(13(2)26)18-7-6-14(20)10-17(18)21/h3-7,10-11H,8-9H2,1-2H3,(H,22,25)(H,23,27). The zero-order valence-corrected chi connectivity index (χ0v) is 14.9. The Labute approximate surface area is 155 Å². The van der Waals surface area contributed by atoms with Crippen LogP contribution >= 0.6 is 0 Å². The predicted octanol–water partition coefficient (Wildman–Crippen LogP) is 3.30. The average molecular weight is 375 g/mol. The first kappa shape index (κ1) is 20.0. The lowest BCUT2D eigenvalue weighted by Crippen LogP contribution is -2.32. The minimum Gasteiger partial charge on any atom is -0.326 e. The highest BCUT2D eigenvalue weighted by atomic mass is 19.1. The van der Waals surface area contributed by atoms with Gasteiger partial charge < -0.3 is 15.5 Å². The van der Waals surface area contributed by atoms with E-state index in [0.717, 1.165) is 17.0 Å². The first-order chi connectivity index (χ1) is 12.8. The van der Waals surface area contributed by atoms with Crippen LogP contribution in [0.2, 0.25) is 0 Å². The van der Waals surface area contributed by atoms with Crippen LogP contribution in [-0.4, -0.2) is 24.3 Å². The Morgan fingerprint density at radius 3 is 2.22 bits per heavy atom. The van der Waals surface area contributed by atoms with Crippen LogP contribution in [0.1, 0.15) is 20.3 Å². The molecule has 0 atom stereocenters. The molecule has 0 aliphatic heterocycles. The Balaban J connectivity index is 2.02. The maximum absolute atomic E-state index is 13.9. The van der Waals surface area contributed by atoms with E-state index >= 15 is 0 Å². The van der Waals surface area contributed by atoms with E-state index in [-0.39, 0.29) is 24.6 Å². The number of carbonyl (C=O) groups excluding carboxylic acids is 3. The van der Waals surface area contributed by atoms with Crippen molar-refractivity contribution in [2.45, 2.75) is 20.3 Å². The van der Waals surface area contributed by atoms with Crippen molar-refractivity contribution in [3.8, 4) is 0 Å². The molecule has 0 radical (unpaired) electrons. The number of hydrogen-bond acceptors (Lipinski definition) is 3.